The van der Waals surface area contributed by atoms with Crippen molar-refractivity contribution in [3.63, 3.8) is 0 Å². The molecule has 25 heavy (non-hydrogen) atoms. The summed E-state index contributed by atoms with van der Waals surface area (Å²) in [6.07, 6.45) is 0.374. The van der Waals surface area contributed by atoms with Gasteiger partial charge in [0.05, 0.1) is 0 Å². The zero-order valence-electron chi connectivity index (χ0n) is 13.5. The Hall–Kier alpha value is -3.09. The van der Waals surface area contributed by atoms with Crippen LogP contribution in [0.3, 0.4) is 0 Å². The van der Waals surface area contributed by atoms with Gasteiger partial charge in [-0.15, -0.1) is 0 Å². The van der Waals surface area contributed by atoms with E-state index in [9.17, 15) is 4.79 Å². The number of carbonyl (C=O) groups is 1. The van der Waals surface area contributed by atoms with Gasteiger partial charge < -0.3 is 29.6 Å². The maximum Gasteiger partial charge on any atom is 0.231 e. The highest BCUT2D eigenvalue weighted by Crippen LogP contribution is 2.34. The Morgan fingerprint density at radius 2 is 1.56 bits per heavy atom. The van der Waals surface area contributed by atoms with Crippen LogP contribution in [0.5, 0.6) is 23.0 Å². The van der Waals surface area contributed by atoms with Crippen LogP contribution < -0.4 is 29.6 Å². The highest BCUT2D eigenvalue weighted by atomic mass is 16.7. The van der Waals surface area contributed by atoms with Crippen molar-refractivity contribution < 1.29 is 23.7 Å². The predicted octanol–water partition coefficient (Wildman–Crippen LogP) is 2.26. The van der Waals surface area contributed by atoms with Crippen LogP contribution in [-0.2, 0) is 11.3 Å². The van der Waals surface area contributed by atoms with Crippen LogP contribution in [0.1, 0.15) is 12.0 Å². The maximum atomic E-state index is 12.0. The lowest BCUT2D eigenvalue weighted by Gasteiger charge is -2.08. The molecule has 2 aromatic carbocycles. The molecule has 2 aliphatic heterocycles. The third-order valence-electron chi connectivity index (χ3n) is 3.98. The lowest BCUT2D eigenvalue weighted by atomic mass is 10.2. The Labute approximate surface area is 144 Å². The van der Waals surface area contributed by atoms with Gasteiger partial charge in [-0.2, -0.15) is 0 Å². The van der Waals surface area contributed by atoms with Crippen LogP contribution >= 0.6 is 0 Å². The molecule has 7 nitrogen and oxygen atoms in total. The first-order valence-corrected chi connectivity index (χ1v) is 8.07. The van der Waals surface area contributed by atoms with Gasteiger partial charge in [-0.3, -0.25) is 4.79 Å². The molecular weight excluding hydrogens is 324 g/mol. The fraction of sp³-hybridized carbons (Fsp3) is 0.278. The van der Waals surface area contributed by atoms with Gasteiger partial charge in [-0.1, -0.05) is 6.07 Å². The number of benzene rings is 2. The predicted molar refractivity (Wildman–Crippen MR) is 90.1 cm³/mol. The normalized spacial score (nSPS) is 13.6. The Morgan fingerprint density at radius 3 is 2.36 bits per heavy atom. The maximum absolute atomic E-state index is 12.0. The summed E-state index contributed by atoms with van der Waals surface area (Å²) in [4.78, 5) is 12.0. The van der Waals surface area contributed by atoms with Crippen molar-refractivity contribution >= 4 is 11.6 Å². The summed E-state index contributed by atoms with van der Waals surface area (Å²) in [5, 5.41) is 6.10. The van der Waals surface area contributed by atoms with Crippen molar-refractivity contribution in [2.24, 2.45) is 0 Å². The Bertz CT molecular complexity index is 793. The molecule has 0 saturated carbocycles. The zero-order chi connectivity index (χ0) is 17.1. The van der Waals surface area contributed by atoms with Crippen molar-refractivity contribution in [2.45, 2.75) is 13.0 Å². The highest BCUT2D eigenvalue weighted by Gasteiger charge is 2.14. The van der Waals surface area contributed by atoms with E-state index in [1.54, 1.807) is 0 Å². The minimum atomic E-state index is -0.0223. The van der Waals surface area contributed by atoms with E-state index in [0.717, 1.165) is 34.2 Å². The molecule has 0 radical (unpaired) electrons. The van der Waals surface area contributed by atoms with Crippen LogP contribution in [0.25, 0.3) is 0 Å². The van der Waals surface area contributed by atoms with Crippen molar-refractivity contribution in [3.8, 4) is 23.0 Å². The van der Waals surface area contributed by atoms with Crippen LogP contribution in [0, 0.1) is 0 Å². The first-order valence-electron chi connectivity index (χ1n) is 8.07. The van der Waals surface area contributed by atoms with Crippen LogP contribution in [-0.4, -0.2) is 26.0 Å². The minimum Gasteiger partial charge on any atom is -0.454 e. The molecule has 130 valence electrons. The third-order valence-corrected chi connectivity index (χ3v) is 3.98. The highest BCUT2D eigenvalue weighted by molar-refractivity contribution is 5.76. The summed E-state index contributed by atoms with van der Waals surface area (Å²) in [5.41, 5.74) is 1.87. The standard InChI is InChI=1S/C18H18N2O5/c21-18(20-9-12-1-3-14-16(7-12)24-10-22-14)5-6-19-13-2-4-15-17(8-13)25-11-23-15/h1-4,7-8,19H,5-6,9-11H2,(H,20,21). The number of amides is 1. The molecule has 1 amide bonds. The molecule has 0 atom stereocenters. The molecule has 0 aliphatic carbocycles. The third kappa shape index (κ3) is 3.55. The average Bonchev–Trinajstić information content (AvgIpc) is 3.28. The zero-order valence-corrected chi connectivity index (χ0v) is 13.5. The molecule has 2 N–H and O–H groups in total. The SMILES string of the molecule is O=C(CCNc1ccc2c(c1)OCO2)NCc1ccc2c(c1)OCO2. The van der Waals surface area contributed by atoms with E-state index >= 15 is 0 Å². The van der Waals surface area contributed by atoms with Gasteiger partial charge in [-0.05, 0) is 29.8 Å². The van der Waals surface area contributed by atoms with E-state index in [0.29, 0.717) is 19.5 Å². The van der Waals surface area contributed by atoms with Gasteiger partial charge >= 0.3 is 0 Å². The van der Waals surface area contributed by atoms with E-state index < -0.39 is 0 Å². The largest absolute Gasteiger partial charge is 0.454 e. The first kappa shape index (κ1) is 15.4. The minimum absolute atomic E-state index is 0.0223. The van der Waals surface area contributed by atoms with Gasteiger partial charge in [0.1, 0.15) is 0 Å². The molecule has 2 heterocycles. The quantitative estimate of drug-likeness (QED) is 0.838. The molecule has 4 rings (SSSR count). The van der Waals surface area contributed by atoms with Gasteiger partial charge in [0, 0.05) is 31.3 Å². The molecule has 0 saturated heterocycles. The second-order valence-electron chi connectivity index (χ2n) is 5.71. The van der Waals surface area contributed by atoms with E-state index in [2.05, 4.69) is 10.6 Å². The summed E-state index contributed by atoms with van der Waals surface area (Å²) in [7, 11) is 0. The summed E-state index contributed by atoms with van der Waals surface area (Å²) >= 11 is 0. The Morgan fingerprint density at radius 1 is 0.880 bits per heavy atom. The van der Waals surface area contributed by atoms with Gasteiger partial charge in [0.15, 0.2) is 23.0 Å². The molecule has 2 aromatic rings. The van der Waals surface area contributed by atoms with Gasteiger partial charge in [-0.25, -0.2) is 0 Å². The topological polar surface area (TPSA) is 78.1 Å². The molecule has 0 bridgehead atoms. The van der Waals surface area contributed by atoms with Crippen LogP contribution in [0.2, 0.25) is 0 Å². The molecule has 0 unspecified atom stereocenters. The van der Waals surface area contributed by atoms with E-state index in [-0.39, 0.29) is 19.5 Å². The number of nitrogens with one attached hydrogen (secondary N) is 2. The molecule has 2 aliphatic rings. The molecule has 0 fully saturated rings. The smallest absolute Gasteiger partial charge is 0.231 e. The van der Waals surface area contributed by atoms with Crippen molar-refractivity contribution in [2.75, 3.05) is 25.4 Å². The second kappa shape index (κ2) is 6.80. The molecular formula is C18H18N2O5. The second-order valence-corrected chi connectivity index (χ2v) is 5.71. The Balaban J connectivity index is 1.21. The summed E-state index contributed by atoms with van der Waals surface area (Å²) < 4.78 is 21.2. The summed E-state index contributed by atoms with van der Waals surface area (Å²) in [5.74, 6) is 2.90. The molecule has 0 aromatic heterocycles. The number of hydrogen-bond acceptors (Lipinski definition) is 6. The number of carbonyl (C=O) groups excluding carboxylic acids is 1. The van der Waals surface area contributed by atoms with Crippen molar-refractivity contribution in [1.29, 1.82) is 0 Å². The van der Waals surface area contributed by atoms with Crippen molar-refractivity contribution in [3.05, 3.63) is 42.0 Å². The lowest BCUT2D eigenvalue weighted by Crippen LogP contribution is -2.24. The molecule has 0 spiro atoms. The van der Waals surface area contributed by atoms with Gasteiger partial charge in [0.25, 0.3) is 0 Å². The number of anilines is 1. The van der Waals surface area contributed by atoms with E-state index in [1.165, 1.54) is 0 Å². The van der Waals surface area contributed by atoms with E-state index in [4.69, 9.17) is 18.9 Å². The molecule has 7 heteroatoms. The van der Waals surface area contributed by atoms with Crippen LogP contribution in [0.15, 0.2) is 36.4 Å². The lowest BCUT2D eigenvalue weighted by molar-refractivity contribution is -0.121. The fourth-order valence-corrected chi connectivity index (χ4v) is 2.67. The van der Waals surface area contributed by atoms with Crippen LogP contribution in [0.4, 0.5) is 5.69 Å². The number of fused-ring (bicyclic) bond motifs is 2. The summed E-state index contributed by atoms with van der Waals surface area (Å²) in [6, 6.07) is 11.3. The number of ether oxygens (including phenoxy) is 4. The Kier molecular flexibility index (Phi) is 4.20. The van der Waals surface area contributed by atoms with Crippen molar-refractivity contribution in [1.82, 2.24) is 5.32 Å². The van der Waals surface area contributed by atoms with E-state index in [1.807, 2.05) is 36.4 Å². The first-order chi connectivity index (χ1) is 12.3. The monoisotopic (exact) mass is 342 g/mol. The fourth-order valence-electron chi connectivity index (χ4n) is 2.67. The number of rotatable bonds is 6. The average molecular weight is 342 g/mol. The number of hydrogen-bond donors (Lipinski definition) is 2. The summed E-state index contributed by atoms with van der Waals surface area (Å²) in [6.45, 7) is 1.49. The van der Waals surface area contributed by atoms with Gasteiger partial charge in [0.2, 0.25) is 19.5 Å².